The molecule has 11 nitrogen and oxygen atoms in total. The van der Waals surface area contributed by atoms with Crippen LogP contribution in [-0.4, -0.2) is 67.2 Å². The number of hydrogen-bond acceptors (Lipinski definition) is 11. The van der Waals surface area contributed by atoms with E-state index in [0.717, 1.165) is 52.9 Å². The lowest BCUT2D eigenvalue weighted by atomic mass is 9.98. The molecule has 0 saturated carbocycles. The highest BCUT2D eigenvalue weighted by atomic mass is 16.7. The van der Waals surface area contributed by atoms with Crippen molar-refractivity contribution in [2.75, 3.05) is 6.61 Å². The Morgan fingerprint density at radius 3 is 1.69 bits per heavy atom. The van der Waals surface area contributed by atoms with Crippen LogP contribution in [0.25, 0.3) is 0 Å². The molecule has 0 aromatic heterocycles. The summed E-state index contributed by atoms with van der Waals surface area (Å²) in [5, 5.41) is 0. The molecule has 0 aromatic carbocycles. The minimum atomic E-state index is -1.48. The van der Waals surface area contributed by atoms with Gasteiger partial charge in [-0.3, -0.25) is 24.0 Å². The predicted molar refractivity (Wildman–Crippen MR) is 121 cm³/mol. The van der Waals surface area contributed by atoms with Crippen molar-refractivity contribution >= 4 is 29.8 Å². The third-order valence-corrected chi connectivity index (χ3v) is 5.18. The van der Waals surface area contributed by atoms with Gasteiger partial charge in [0.25, 0.3) is 0 Å². The van der Waals surface area contributed by atoms with Gasteiger partial charge < -0.3 is 28.4 Å². The van der Waals surface area contributed by atoms with Gasteiger partial charge in [0.1, 0.15) is 12.7 Å². The Morgan fingerprint density at radius 1 is 0.629 bits per heavy atom. The predicted octanol–water partition coefficient (Wildman–Crippen LogP) is 2.75. The van der Waals surface area contributed by atoms with Crippen molar-refractivity contribution in [1.82, 2.24) is 0 Å². The Bertz CT molecular complexity index is 720. The molecule has 11 heteroatoms. The van der Waals surface area contributed by atoms with Gasteiger partial charge in [-0.25, -0.2) is 0 Å². The highest BCUT2D eigenvalue weighted by molar-refractivity contribution is 5.70. The fourth-order valence-corrected chi connectivity index (χ4v) is 3.70. The zero-order valence-corrected chi connectivity index (χ0v) is 21.2. The van der Waals surface area contributed by atoms with Crippen LogP contribution in [-0.2, 0) is 52.4 Å². The van der Waals surface area contributed by atoms with E-state index in [-0.39, 0.29) is 13.0 Å². The van der Waals surface area contributed by atoms with E-state index < -0.39 is 60.6 Å². The average Bonchev–Trinajstić information content (AvgIpc) is 2.75. The van der Waals surface area contributed by atoms with Crippen LogP contribution in [0.15, 0.2) is 0 Å². The molecule has 1 fully saturated rings. The van der Waals surface area contributed by atoms with Crippen molar-refractivity contribution in [3.8, 4) is 0 Å². The summed E-state index contributed by atoms with van der Waals surface area (Å²) in [6, 6.07) is 0. The van der Waals surface area contributed by atoms with Gasteiger partial charge in [0.2, 0.25) is 12.4 Å². The lowest BCUT2D eigenvalue weighted by molar-refractivity contribution is -0.300. The number of ether oxygens (including phenoxy) is 6. The fourth-order valence-electron chi connectivity index (χ4n) is 3.70. The maximum atomic E-state index is 12.5. The van der Waals surface area contributed by atoms with E-state index in [4.69, 9.17) is 28.4 Å². The first-order valence-electron chi connectivity index (χ1n) is 12.0. The molecule has 5 atom stereocenters. The van der Waals surface area contributed by atoms with Gasteiger partial charge in [0.15, 0.2) is 12.2 Å². The summed E-state index contributed by atoms with van der Waals surface area (Å²) < 4.78 is 32.0. The molecule has 0 bridgehead atoms. The molecule has 1 saturated heterocycles. The van der Waals surface area contributed by atoms with Gasteiger partial charge in [-0.15, -0.1) is 0 Å². The monoisotopic (exact) mass is 502 g/mol. The molecule has 1 aliphatic rings. The smallest absolute Gasteiger partial charge is 0.308 e. The van der Waals surface area contributed by atoms with Crippen LogP contribution < -0.4 is 0 Å². The summed E-state index contributed by atoms with van der Waals surface area (Å²) in [5.41, 5.74) is 0. The largest absolute Gasteiger partial charge is 0.463 e. The Labute approximate surface area is 206 Å². The summed E-state index contributed by atoms with van der Waals surface area (Å²) >= 11 is 0. The Balaban J connectivity index is 3.00. The summed E-state index contributed by atoms with van der Waals surface area (Å²) in [6.45, 7) is 6.30. The Hall–Kier alpha value is -2.69. The summed E-state index contributed by atoms with van der Waals surface area (Å²) in [4.78, 5) is 59.2. The molecule has 0 unspecified atom stereocenters. The van der Waals surface area contributed by atoms with Crippen molar-refractivity contribution in [3.05, 3.63) is 0 Å². The van der Waals surface area contributed by atoms with E-state index in [2.05, 4.69) is 6.92 Å². The van der Waals surface area contributed by atoms with Crippen LogP contribution >= 0.6 is 0 Å². The lowest BCUT2D eigenvalue weighted by Crippen LogP contribution is -2.63. The summed E-state index contributed by atoms with van der Waals surface area (Å²) in [6.07, 6.45) is 0.474. The molecule has 0 amide bonds. The zero-order valence-electron chi connectivity index (χ0n) is 21.2. The van der Waals surface area contributed by atoms with Crippen molar-refractivity contribution in [3.63, 3.8) is 0 Å². The normalized spacial score (nSPS) is 23.6. The van der Waals surface area contributed by atoms with Crippen molar-refractivity contribution in [2.45, 2.75) is 117 Å². The number of carbonyl (C=O) groups is 5. The van der Waals surface area contributed by atoms with Crippen LogP contribution in [0, 0.1) is 0 Å². The summed E-state index contributed by atoms with van der Waals surface area (Å²) in [7, 11) is 0. The van der Waals surface area contributed by atoms with E-state index in [9.17, 15) is 24.0 Å². The van der Waals surface area contributed by atoms with Crippen LogP contribution in [0.1, 0.15) is 86.0 Å². The van der Waals surface area contributed by atoms with Gasteiger partial charge in [-0.1, -0.05) is 45.4 Å². The maximum Gasteiger partial charge on any atom is 0.308 e. The van der Waals surface area contributed by atoms with E-state index >= 15 is 0 Å². The van der Waals surface area contributed by atoms with Gasteiger partial charge in [0, 0.05) is 34.1 Å². The van der Waals surface area contributed by atoms with Crippen molar-refractivity contribution in [2.24, 2.45) is 0 Å². The standard InChI is InChI=1S/C24H38O11/c1-6-7-8-9-10-11-12-13-20(29)35-24-23(33-18(5)28)22(32-17(4)27)21(31-16(3)26)19(34-24)14-30-15(2)25/h19,21-24H,6-14H2,1-5H3/t19-,21-,22+,23-,24+/m1/s1. The van der Waals surface area contributed by atoms with Gasteiger partial charge in [-0.05, 0) is 6.42 Å². The molecule has 1 heterocycles. The first-order chi connectivity index (χ1) is 16.5. The molecule has 0 radical (unpaired) electrons. The highest BCUT2D eigenvalue weighted by Crippen LogP contribution is 2.30. The van der Waals surface area contributed by atoms with Crippen LogP contribution in [0.3, 0.4) is 0 Å². The van der Waals surface area contributed by atoms with E-state index in [1.165, 1.54) is 13.3 Å². The van der Waals surface area contributed by atoms with Crippen LogP contribution in [0.2, 0.25) is 0 Å². The van der Waals surface area contributed by atoms with E-state index in [0.29, 0.717) is 6.42 Å². The van der Waals surface area contributed by atoms with Crippen molar-refractivity contribution in [1.29, 1.82) is 0 Å². The number of hydrogen-bond donors (Lipinski definition) is 0. The first kappa shape index (κ1) is 30.3. The zero-order chi connectivity index (χ0) is 26.4. The topological polar surface area (TPSA) is 141 Å². The van der Waals surface area contributed by atoms with Crippen molar-refractivity contribution < 1.29 is 52.4 Å². The Kier molecular flexibility index (Phi) is 13.9. The maximum absolute atomic E-state index is 12.5. The molecule has 0 spiro atoms. The second kappa shape index (κ2) is 16.1. The molecular weight excluding hydrogens is 464 g/mol. The van der Waals surface area contributed by atoms with Gasteiger partial charge >= 0.3 is 29.8 Å². The lowest BCUT2D eigenvalue weighted by Gasteiger charge is -2.43. The molecule has 1 aliphatic heterocycles. The molecule has 0 aliphatic carbocycles. The van der Waals surface area contributed by atoms with E-state index in [1.807, 2.05) is 0 Å². The quantitative estimate of drug-likeness (QED) is 0.197. The van der Waals surface area contributed by atoms with Crippen LogP contribution in [0.4, 0.5) is 0 Å². The van der Waals surface area contributed by atoms with Crippen LogP contribution in [0.5, 0.6) is 0 Å². The molecular formula is C24H38O11. The third kappa shape index (κ3) is 12.0. The third-order valence-electron chi connectivity index (χ3n) is 5.18. The number of unbranched alkanes of at least 4 members (excludes halogenated alkanes) is 6. The second-order valence-electron chi connectivity index (χ2n) is 8.43. The number of carbonyl (C=O) groups excluding carboxylic acids is 5. The highest BCUT2D eigenvalue weighted by Gasteiger charge is 2.53. The average molecular weight is 503 g/mol. The minimum absolute atomic E-state index is 0.112. The number of esters is 5. The van der Waals surface area contributed by atoms with E-state index in [1.54, 1.807) is 0 Å². The SMILES string of the molecule is CCCCCCCCCC(=O)O[C@@H]1O[C@H](COC(C)=O)[C@@H](OC(C)=O)[C@H](OC(C)=O)[C@H]1OC(C)=O. The van der Waals surface area contributed by atoms with Gasteiger partial charge in [0.05, 0.1) is 0 Å². The molecule has 1 rings (SSSR count). The second-order valence-corrected chi connectivity index (χ2v) is 8.43. The first-order valence-corrected chi connectivity index (χ1v) is 12.0. The molecule has 35 heavy (non-hydrogen) atoms. The fraction of sp³-hybridized carbons (Fsp3) is 0.792. The number of rotatable bonds is 14. The summed E-state index contributed by atoms with van der Waals surface area (Å²) in [5.74, 6) is -3.48. The Morgan fingerprint density at radius 2 is 1.14 bits per heavy atom. The molecule has 200 valence electrons. The van der Waals surface area contributed by atoms with Gasteiger partial charge in [-0.2, -0.15) is 0 Å². The minimum Gasteiger partial charge on any atom is -0.463 e. The molecule has 0 N–H and O–H groups in total. The molecule has 0 aromatic rings.